The predicted molar refractivity (Wildman–Crippen MR) is 57.1 cm³/mol. The van der Waals surface area contributed by atoms with Crippen molar-refractivity contribution < 1.29 is 8.81 Å². The van der Waals surface area contributed by atoms with Gasteiger partial charge in [0, 0.05) is 22.6 Å². The minimum atomic E-state index is -0.312. The van der Waals surface area contributed by atoms with Gasteiger partial charge in [-0.15, -0.1) is 10.2 Å². The van der Waals surface area contributed by atoms with Crippen LogP contribution in [0, 0.1) is 16.6 Å². The van der Waals surface area contributed by atoms with E-state index in [1.165, 1.54) is 0 Å². The van der Waals surface area contributed by atoms with Crippen LogP contribution in [0.3, 0.4) is 0 Å². The molecule has 0 aliphatic rings. The lowest BCUT2D eigenvalue weighted by Gasteiger charge is -1.99. The molecule has 0 spiro atoms. The Bertz CT molecular complexity index is 470. The molecule has 0 aliphatic heterocycles. The molecule has 0 amide bonds. The molecule has 2 rings (SSSR count). The summed E-state index contributed by atoms with van der Waals surface area (Å²) in [6.07, 6.45) is 0. The number of halogens is 2. The average Bonchev–Trinajstić information content (AvgIpc) is 2.57. The summed E-state index contributed by atoms with van der Waals surface area (Å²) < 4.78 is 19.1. The van der Waals surface area contributed by atoms with E-state index in [-0.39, 0.29) is 11.7 Å². The van der Waals surface area contributed by atoms with Crippen LogP contribution in [0.1, 0.15) is 5.56 Å². The normalized spacial score (nSPS) is 10.5. The molecule has 0 fully saturated rings. The van der Waals surface area contributed by atoms with Crippen molar-refractivity contribution >= 4 is 22.6 Å². The average molecular weight is 304 g/mol. The summed E-state index contributed by atoms with van der Waals surface area (Å²) in [6, 6.07) is 5.07. The highest BCUT2D eigenvalue weighted by atomic mass is 127. The molecule has 0 unspecified atom stereocenters. The monoisotopic (exact) mass is 304 g/mol. The lowest BCUT2D eigenvalue weighted by Crippen LogP contribution is -1.87. The topological polar surface area (TPSA) is 38.9 Å². The smallest absolute Gasteiger partial charge is 0.278 e. The van der Waals surface area contributed by atoms with Crippen LogP contribution in [-0.4, -0.2) is 10.2 Å². The first-order chi connectivity index (χ1) is 6.68. The number of benzene rings is 1. The van der Waals surface area contributed by atoms with E-state index < -0.39 is 0 Å². The summed E-state index contributed by atoms with van der Waals surface area (Å²) >= 11 is 1.89. The molecular formula is C9H6FIN2O. The van der Waals surface area contributed by atoms with E-state index in [2.05, 4.69) is 10.2 Å². The van der Waals surface area contributed by atoms with Crippen LogP contribution in [0.5, 0.6) is 0 Å². The molecule has 0 aliphatic carbocycles. The molecule has 14 heavy (non-hydrogen) atoms. The zero-order chi connectivity index (χ0) is 10.1. The Hall–Kier alpha value is -0.980. The number of hydrogen-bond donors (Lipinski definition) is 0. The molecule has 3 nitrogen and oxygen atoms in total. The lowest BCUT2D eigenvalue weighted by atomic mass is 10.1. The first-order valence-corrected chi connectivity index (χ1v) is 5.01. The number of aromatic nitrogens is 2. The van der Waals surface area contributed by atoms with Gasteiger partial charge in [-0.05, 0) is 18.6 Å². The highest BCUT2D eigenvalue weighted by molar-refractivity contribution is 14.1. The van der Waals surface area contributed by atoms with E-state index in [0.29, 0.717) is 15.0 Å². The summed E-state index contributed by atoms with van der Waals surface area (Å²) in [4.78, 5) is 0. The van der Waals surface area contributed by atoms with Crippen molar-refractivity contribution in [3.8, 4) is 11.5 Å². The van der Waals surface area contributed by atoms with Crippen LogP contribution < -0.4 is 0 Å². The maximum absolute atomic E-state index is 13.6. The summed E-state index contributed by atoms with van der Waals surface area (Å²) in [7, 11) is 0. The van der Waals surface area contributed by atoms with Crippen LogP contribution in [0.2, 0.25) is 0 Å². The second-order valence-corrected chi connectivity index (χ2v) is 3.72. The Morgan fingerprint density at radius 3 is 2.79 bits per heavy atom. The zero-order valence-electron chi connectivity index (χ0n) is 7.29. The van der Waals surface area contributed by atoms with Crippen molar-refractivity contribution in [3.05, 3.63) is 33.5 Å². The molecule has 1 aromatic carbocycles. The maximum Gasteiger partial charge on any atom is 0.278 e. The summed E-state index contributed by atoms with van der Waals surface area (Å²) in [5.74, 6) is -0.0943. The fourth-order valence-electron chi connectivity index (χ4n) is 1.13. The van der Waals surface area contributed by atoms with E-state index in [9.17, 15) is 4.39 Å². The molecule has 1 heterocycles. The van der Waals surface area contributed by atoms with Gasteiger partial charge in [0.05, 0.1) is 5.56 Å². The van der Waals surface area contributed by atoms with Crippen molar-refractivity contribution in [1.29, 1.82) is 0 Å². The molecule has 72 valence electrons. The second-order valence-electron chi connectivity index (χ2n) is 2.80. The van der Waals surface area contributed by atoms with Gasteiger partial charge in [-0.1, -0.05) is 12.1 Å². The molecular weight excluding hydrogens is 298 g/mol. The molecule has 0 saturated carbocycles. The van der Waals surface area contributed by atoms with Crippen molar-refractivity contribution in [2.75, 3.05) is 0 Å². The standard InChI is InChI=1S/C9H6FIN2O/c1-5-3-2-4-6(7(5)10)8-12-13-9(11)14-8/h2-4H,1H3. The molecule has 0 saturated heterocycles. The quantitative estimate of drug-likeness (QED) is 0.761. The highest BCUT2D eigenvalue weighted by Gasteiger charge is 2.12. The third kappa shape index (κ3) is 1.63. The van der Waals surface area contributed by atoms with Crippen molar-refractivity contribution in [2.24, 2.45) is 0 Å². The van der Waals surface area contributed by atoms with Crippen LogP contribution in [0.25, 0.3) is 11.5 Å². The number of hydrogen-bond acceptors (Lipinski definition) is 3. The summed E-state index contributed by atoms with van der Waals surface area (Å²) in [5, 5.41) is 7.39. The van der Waals surface area contributed by atoms with Gasteiger partial charge in [0.2, 0.25) is 0 Å². The first kappa shape index (κ1) is 9.57. The Labute approximate surface area is 93.5 Å². The Kier molecular flexibility index (Phi) is 2.49. The molecule has 0 atom stereocenters. The summed E-state index contributed by atoms with van der Waals surface area (Å²) in [5.41, 5.74) is 0.913. The number of aryl methyl sites for hydroxylation is 1. The van der Waals surface area contributed by atoms with E-state index in [0.717, 1.165) is 0 Å². The van der Waals surface area contributed by atoms with Gasteiger partial charge < -0.3 is 4.42 Å². The third-order valence-corrected chi connectivity index (χ3v) is 2.26. The first-order valence-electron chi connectivity index (χ1n) is 3.93. The van der Waals surface area contributed by atoms with Gasteiger partial charge in [0.1, 0.15) is 5.82 Å². The van der Waals surface area contributed by atoms with Crippen LogP contribution in [0.15, 0.2) is 22.6 Å². The molecule has 0 bridgehead atoms. The SMILES string of the molecule is Cc1cccc(-c2nnc(I)o2)c1F. The van der Waals surface area contributed by atoms with E-state index in [1.807, 2.05) is 22.6 Å². The fraction of sp³-hybridized carbons (Fsp3) is 0.111. The Balaban J connectivity index is 2.57. The van der Waals surface area contributed by atoms with Crippen LogP contribution in [-0.2, 0) is 0 Å². The zero-order valence-corrected chi connectivity index (χ0v) is 9.45. The molecule has 1 aromatic heterocycles. The van der Waals surface area contributed by atoms with Crippen molar-refractivity contribution in [3.63, 3.8) is 0 Å². The van der Waals surface area contributed by atoms with Gasteiger partial charge in [0.15, 0.2) is 0 Å². The third-order valence-electron chi connectivity index (χ3n) is 1.82. The van der Waals surface area contributed by atoms with E-state index in [1.54, 1.807) is 25.1 Å². The maximum atomic E-state index is 13.6. The Morgan fingerprint density at radius 2 is 2.14 bits per heavy atom. The molecule has 2 aromatic rings. The van der Waals surface area contributed by atoms with Gasteiger partial charge in [-0.2, -0.15) is 0 Å². The van der Waals surface area contributed by atoms with E-state index >= 15 is 0 Å². The lowest BCUT2D eigenvalue weighted by molar-refractivity contribution is 0.529. The largest absolute Gasteiger partial charge is 0.412 e. The van der Waals surface area contributed by atoms with Crippen molar-refractivity contribution in [2.45, 2.75) is 6.92 Å². The highest BCUT2D eigenvalue weighted by Crippen LogP contribution is 2.23. The second kappa shape index (κ2) is 3.64. The Morgan fingerprint density at radius 1 is 1.36 bits per heavy atom. The van der Waals surface area contributed by atoms with Crippen LogP contribution in [0.4, 0.5) is 4.39 Å². The van der Waals surface area contributed by atoms with Gasteiger partial charge in [-0.25, -0.2) is 4.39 Å². The fourth-order valence-corrected chi connectivity index (χ4v) is 1.44. The van der Waals surface area contributed by atoms with Gasteiger partial charge in [0.25, 0.3) is 9.79 Å². The van der Waals surface area contributed by atoms with Crippen LogP contribution >= 0.6 is 22.6 Å². The molecule has 5 heteroatoms. The van der Waals surface area contributed by atoms with Gasteiger partial charge in [-0.3, -0.25) is 0 Å². The number of nitrogens with zero attached hydrogens (tertiary/aromatic N) is 2. The molecule has 0 N–H and O–H groups in total. The minimum absolute atomic E-state index is 0.218. The summed E-state index contributed by atoms with van der Waals surface area (Å²) in [6.45, 7) is 1.69. The number of rotatable bonds is 1. The van der Waals surface area contributed by atoms with E-state index in [4.69, 9.17) is 4.42 Å². The van der Waals surface area contributed by atoms with Gasteiger partial charge >= 0.3 is 0 Å². The predicted octanol–water partition coefficient (Wildman–Crippen LogP) is 2.79. The molecule has 0 radical (unpaired) electrons. The minimum Gasteiger partial charge on any atom is -0.412 e. The van der Waals surface area contributed by atoms with Crippen molar-refractivity contribution in [1.82, 2.24) is 10.2 Å².